The molecule has 230 valence electrons. The van der Waals surface area contributed by atoms with Crippen LogP contribution < -0.4 is 19.8 Å². The zero-order chi connectivity index (χ0) is 32.2. The van der Waals surface area contributed by atoms with Crippen molar-refractivity contribution in [1.82, 2.24) is 9.66 Å². The van der Waals surface area contributed by atoms with Crippen molar-refractivity contribution in [3.05, 3.63) is 120 Å². The van der Waals surface area contributed by atoms with E-state index in [-0.39, 0.29) is 23.8 Å². The molecule has 0 spiro atoms. The Bertz CT molecular complexity index is 2000. The number of aryl methyl sites for hydroxylation is 1. The molecule has 0 unspecified atom stereocenters. The van der Waals surface area contributed by atoms with Crippen LogP contribution in [0.2, 0.25) is 0 Å². The molecule has 10 nitrogen and oxygen atoms in total. The van der Waals surface area contributed by atoms with Gasteiger partial charge < -0.3 is 14.2 Å². The molecule has 0 bridgehead atoms. The lowest BCUT2D eigenvalue weighted by Crippen LogP contribution is -2.20. The van der Waals surface area contributed by atoms with Gasteiger partial charge in [0.25, 0.3) is 11.2 Å². The van der Waals surface area contributed by atoms with E-state index in [0.717, 1.165) is 22.4 Å². The van der Waals surface area contributed by atoms with Crippen molar-refractivity contribution in [2.24, 2.45) is 5.10 Å². The van der Waals surface area contributed by atoms with Gasteiger partial charge in [0.1, 0.15) is 12.4 Å². The predicted molar refractivity (Wildman–Crippen MR) is 178 cm³/mol. The first-order valence-electron chi connectivity index (χ1n) is 14.1. The Kier molecular flexibility index (Phi) is 9.29. The highest BCUT2D eigenvalue weighted by Gasteiger charge is 2.19. The van der Waals surface area contributed by atoms with Crippen LogP contribution in [0.4, 0.5) is 5.69 Å². The van der Waals surface area contributed by atoms with Crippen LogP contribution >= 0.6 is 15.9 Å². The number of benzene rings is 4. The van der Waals surface area contributed by atoms with Gasteiger partial charge in [0.2, 0.25) is 0 Å². The zero-order valence-corrected chi connectivity index (χ0v) is 27.0. The third kappa shape index (κ3) is 6.58. The lowest BCUT2D eigenvalue weighted by molar-refractivity contribution is -0.384. The molecule has 0 radical (unpaired) electrons. The van der Waals surface area contributed by atoms with Gasteiger partial charge in [-0.15, -0.1) is 0 Å². The van der Waals surface area contributed by atoms with Gasteiger partial charge in [-0.1, -0.05) is 38.1 Å². The maximum atomic E-state index is 13.8. The first-order valence-corrected chi connectivity index (χ1v) is 14.9. The van der Waals surface area contributed by atoms with Crippen molar-refractivity contribution in [3.8, 4) is 28.6 Å². The van der Waals surface area contributed by atoms with E-state index >= 15 is 0 Å². The second kappa shape index (κ2) is 13.3. The molecule has 0 N–H and O–H groups in total. The van der Waals surface area contributed by atoms with Crippen LogP contribution in [0, 0.1) is 17.0 Å². The number of para-hydroxylation sites is 1. The molecular formula is C34H31BrN4O6. The zero-order valence-electron chi connectivity index (χ0n) is 25.4. The number of non-ortho nitro benzene ring substituents is 1. The van der Waals surface area contributed by atoms with Gasteiger partial charge in [0, 0.05) is 17.7 Å². The Morgan fingerprint density at radius 2 is 1.78 bits per heavy atom. The minimum Gasteiger partial charge on any atom is -0.496 e. The average Bonchev–Trinajstić information content (AvgIpc) is 3.03. The highest BCUT2D eigenvalue weighted by atomic mass is 79.9. The average molecular weight is 672 g/mol. The Morgan fingerprint density at radius 1 is 1.02 bits per heavy atom. The Balaban J connectivity index is 1.56. The van der Waals surface area contributed by atoms with Crippen molar-refractivity contribution in [2.45, 2.75) is 33.3 Å². The molecule has 0 atom stereocenters. The molecule has 45 heavy (non-hydrogen) atoms. The summed E-state index contributed by atoms with van der Waals surface area (Å²) in [5, 5.41) is 16.2. The van der Waals surface area contributed by atoms with Gasteiger partial charge in [-0.25, -0.2) is 4.98 Å². The second-order valence-corrected chi connectivity index (χ2v) is 11.5. The molecule has 0 saturated carbocycles. The van der Waals surface area contributed by atoms with Crippen molar-refractivity contribution < 1.29 is 19.1 Å². The van der Waals surface area contributed by atoms with Crippen LogP contribution in [-0.2, 0) is 6.61 Å². The molecule has 1 heterocycles. The number of ether oxygens (including phenoxy) is 3. The summed E-state index contributed by atoms with van der Waals surface area (Å²) in [6.45, 7) is 6.20. The van der Waals surface area contributed by atoms with Crippen molar-refractivity contribution in [1.29, 1.82) is 0 Å². The number of halogens is 1. The van der Waals surface area contributed by atoms with Gasteiger partial charge in [-0.2, -0.15) is 9.78 Å². The molecule has 0 fully saturated rings. The van der Waals surface area contributed by atoms with Gasteiger partial charge >= 0.3 is 0 Å². The fourth-order valence-electron chi connectivity index (χ4n) is 4.97. The monoisotopic (exact) mass is 670 g/mol. The maximum absolute atomic E-state index is 13.8. The van der Waals surface area contributed by atoms with E-state index in [1.54, 1.807) is 49.7 Å². The fraction of sp³-hybridized carbons (Fsp3) is 0.206. The number of nitro groups is 1. The summed E-state index contributed by atoms with van der Waals surface area (Å²) in [6, 6.07) is 20.9. The first-order chi connectivity index (χ1) is 21.6. The number of nitro benzene ring substituents is 1. The maximum Gasteiger partial charge on any atom is 0.282 e. The first kappa shape index (κ1) is 31.4. The van der Waals surface area contributed by atoms with E-state index < -0.39 is 4.92 Å². The highest BCUT2D eigenvalue weighted by molar-refractivity contribution is 9.10. The van der Waals surface area contributed by atoms with E-state index in [9.17, 15) is 14.9 Å². The number of nitrogens with zero attached hydrogens (tertiary/aromatic N) is 4. The minimum atomic E-state index is -0.449. The normalized spacial score (nSPS) is 11.4. The van der Waals surface area contributed by atoms with Gasteiger partial charge in [-0.3, -0.25) is 14.9 Å². The summed E-state index contributed by atoms with van der Waals surface area (Å²) < 4.78 is 19.1. The summed E-state index contributed by atoms with van der Waals surface area (Å²) in [4.78, 5) is 29.4. The predicted octanol–water partition coefficient (Wildman–Crippen LogP) is 7.64. The minimum absolute atomic E-state index is 0.0169. The third-order valence-corrected chi connectivity index (χ3v) is 7.86. The Labute approximate surface area is 268 Å². The Morgan fingerprint density at radius 3 is 2.49 bits per heavy atom. The van der Waals surface area contributed by atoms with Crippen LogP contribution in [0.5, 0.6) is 17.2 Å². The molecule has 0 aliphatic heterocycles. The molecule has 1 aromatic heterocycles. The van der Waals surface area contributed by atoms with Crippen molar-refractivity contribution >= 4 is 38.7 Å². The topological polar surface area (TPSA) is 118 Å². The molecule has 0 aliphatic carbocycles. The van der Waals surface area contributed by atoms with E-state index in [1.165, 1.54) is 23.9 Å². The smallest absolute Gasteiger partial charge is 0.282 e. The number of aromatic nitrogens is 2. The Hall–Kier alpha value is -5.03. The van der Waals surface area contributed by atoms with Gasteiger partial charge in [0.05, 0.1) is 40.7 Å². The third-order valence-electron chi connectivity index (χ3n) is 7.27. The van der Waals surface area contributed by atoms with Crippen LogP contribution in [-0.4, -0.2) is 35.0 Å². The van der Waals surface area contributed by atoms with Crippen LogP contribution in [0.15, 0.2) is 87.2 Å². The quantitative estimate of drug-likeness (QED) is 0.0851. The van der Waals surface area contributed by atoms with Gasteiger partial charge in [0.15, 0.2) is 17.3 Å². The van der Waals surface area contributed by atoms with Crippen LogP contribution in [0.1, 0.15) is 42.0 Å². The van der Waals surface area contributed by atoms with Gasteiger partial charge in [-0.05, 0) is 87.4 Å². The van der Waals surface area contributed by atoms with Crippen molar-refractivity contribution in [3.63, 3.8) is 0 Å². The van der Waals surface area contributed by atoms with Crippen LogP contribution in [0.25, 0.3) is 22.3 Å². The van der Waals surface area contributed by atoms with E-state index in [4.69, 9.17) is 19.2 Å². The van der Waals surface area contributed by atoms with Crippen LogP contribution in [0.3, 0.4) is 0 Å². The molecule has 11 heteroatoms. The number of hydrogen-bond donors (Lipinski definition) is 0. The molecular weight excluding hydrogens is 640 g/mol. The number of hydrogen-bond acceptors (Lipinski definition) is 8. The molecule has 0 aliphatic rings. The molecule has 5 rings (SSSR count). The molecule has 0 amide bonds. The summed E-state index contributed by atoms with van der Waals surface area (Å²) >= 11 is 3.55. The summed E-state index contributed by atoms with van der Waals surface area (Å²) in [6.07, 6.45) is 1.56. The van der Waals surface area contributed by atoms with E-state index in [0.29, 0.717) is 43.8 Å². The highest BCUT2D eigenvalue weighted by Crippen LogP contribution is 2.37. The lowest BCUT2D eigenvalue weighted by atomic mass is 9.96. The number of rotatable bonds is 10. The van der Waals surface area contributed by atoms with E-state index in [1.807, 2.05) is 31.2 Å². The number of methoxy groups -OCH3 is 2. The molecule has 5 aromatic rings. The SMILES string of the molecule is COc1cc(C)c(-c2nc3ccccc3c(=O)n2N=Cc2cc(Br)c(OCc3cccc([N+](=O)[O-])c3)c(OC)c2)cc1C(C)C. The second-order valence-electron chi connectivity index (χ2n) is 10.6. The summed E-state index contributed by atoms with van der Waals surface area (Å²) in [5.41, 5.74) is 4.15. The largest absolute Gasteiger partial charge is 0.496 e. The fourth-order valence-corrected chi connectivity index (χ4v) is 5.54. The molecule has 0 saturated heterocycles. The molecule has 4 aromatic carbocycles. The standard InChI is InChI=1S/C34H31BrN4O6/c1-20(2)26-17-27(21(3)13-30(26)43-4)33-37-29-12-7-6-11-25(29)34(40)38(33)36-18-23-15-28(35)32(31(16-23)44-5)45-19-22-9-8-10-24(14-22)39(41)42/h6-18,20H,19H2,1-5H3. The van der Waals surface area contributed by atoms with Crippen molar-refractivity contribution in [2.75, 3.05) is 14.2 Å². The summed E-state index contributed by atoms with van der Waals surface area (Å²) in [7, 11) is 3.16. The summed E-state index contributed by atoms with van der Waals surface area (Å²) in [5.74, 6) is 2.18. The van der Waals surface area contributed by atoms with E-state index in [2.05, 4.69) is 34.9 Å². The number of fused-ring (bicyclic) bond motifs is 1. The lowest BCUT2D eigenvalue weighted by Gasteiger charge is -2.17.